The zero-order valence-corrected chi connectivity index (χ0v) is 11.4. The first-order valence-electron chi connectivity index (χ1n) is 5.91. The molecule has 4 nitrogen and oxygen atoms in total. The number of ketones is 1. The molecule has 1 rings (SSSR count). The summed E-state index contributed by atoms with van der Waals surface area (Å²) in [5.74, 6) is 1.25. The Balaban J connectivity index is 2.80. The number of rotatable bonds is 6. The molecule has 0 atom stereocenters. The van der Waals surface area contributed by atoms with Crippen molar-refractivity contribution in [2.75, 3.05) is 14.2 Å². The number of methoxy groups -OCH3 is 2. The van der Waals surface area contributed by atoms with Crippen LogP contribution in [0.3, 0.4) is 0 Å². The van der Waals surface area contributed by atoms with Crippen molar-refractivity contribution in [2.45, 2.75) is 32.2 Å². The molecule has 0 bridgehead atoms. The van der Waals surface area contributed by atoms with Crippen molar-refractivity contribution in [3.8, 4) is 11.5 Å². The van der Waals surface area contributed by atoms with Gasteiger partial charge in [0.2, 0.25) is 0 Å². The second kappa shape index (κ2) is 5.87. The van der Waals surface area contributed by atoms with Gasteiger partial charge in [0, 0.05) is 17.5 Å². The van der Waals surface area contributed by atoms with E-state index in [0.717, 1.165) is 0 Å². The largest absolute Gasteiger partial charge is 0.493 e. The van der Waals surface area contributed by atoms with Gasteiger partial charge in [0.1, 0.15) is 0 Å². The van der Waals surface area contributed by atoms with E-state index in [0.29, 0.717) is 29.9 Å². The number of ether oxygens (including phenoxy) is 2. The van der Waals surface area contributed by atoms with Crippen LogP contribution in [0.5, 0.6) is 11.5 Å². The van der Waals surface area contributed by atoms with E-state index in [1.807, 2.05) is 13.8 Å². The van der Waals surface area contributed by atoms with Gasteiger partial charge in [-0.05, 0) is 38.5 Å². The van der Waals surface area contributed by atoms with Crippen LogP contribution in [0.4, 0.5) is 0 Å². The van der Waals surface area contributed by atoms with Crippen LogP contribution in [0, 0.1) is 0 Å². The van der Waals surface area contributed by atoms with Gasteiger partial charge >= 0.3 is 0 Å². The Kier molecular flexibility index (Phi) is 4.73. The van der Waals surface area contributed by atoms with Gasteiger partial charge in [-0.25, -0.2) is 0 Å². The Morgan fingerprint density at radius 3 is 2.33 bits per heavy atom. The predicted octanol–water partition coefficient (Wildman–Crippen LogP) is 2.40. The predicted molar refractivity (Wildman–Crippen MR) is 71.4 cm³/mol. The molecule has 100 valence electrons. The standard InChI is InChI=1S/C14H21NO3/c1-14(2,15)8-7-11(16)10-5-6-12(17-3)13(9-10)18-4/h5-6,9H,7-8,15H2,1-4H3. The molecule has 18 heavy (non-hydrogen) atoms. The quantitative estimate of drug-likeness (QED) is 0.789. The van der Waals surface area contributed by atoms with Crippen LogP contribution in [-0.2, 0) is 0 Å². The molecule has 0 saturated carbocycles. The van der Waals surface area contributed by atoms with E-state index < -0.39 is 0 Å². The molecule has 0 aromatic heterocycles. The van der Waals surface area contributed by atoms with E-state index in [-0.39, 0.29) is 11.3 Å². The monoisotopic (exact) mass is 251 g/mol. The third-order valence-corrected chi connectivity index (χ3v) is 2.70. The minimum Gasteiger partial charge on any atom is -0.493 e. The lowest BCUT2D eigenvalue weighted by molar-refractivity contribution is 0.0972. The summed E-state index contributed by atoms with van der Waals surface area (Å²) >= 11 is 0. The molecule has 0 fully saturated rings. The maximum absolute atomic E-state index is 12.0. The molecule has 0 aliphatic heterocycles. The lowest BCUT2D eigenvalue weighted by Gasteiger charge is -2.17. The zero-order chi connectivity index (χ0) is 13.8. The van der Waals surface area contributed by atoms with Crippen LogP contribution in [-0.4, -0.2) is 25.5 Å². The Morgan fingerprint density at radius 2 is 1.83 bits per heavy atom. The minimum absolute atomic E-state index is 0.0643. The highest BCUT2D eigenvalue weighted by Crippen LogP contribution is 2.28. The first-order valence-corrected chi connectivity index (χ1v) is 5.91. The number of nitrogens with two attached hydrogens (primary N) is 1. The second-order valence-corrected chi connectivity index (χ2v) is 4.98. The summed E-state index contributed by atoms with van der Waals surface area (Å²) < 4.78 is 10.3. The summed E-state index contributed by atoms with van der Waals surface area (Å²) in [6.45, 7) is 3.82. The lowest BCUT2D eigenvalue weighted by Crippen LogP contribution is -2.32. The first kappa shape index (κ1) is 14.5. The molecule has 0 aliphatic carbocycles. The Morgan fingerprint density at radius 1 is 1.22 bits per heavy atom. The molecule has 0 saturated heterocycles. The van der Waals surface area contributed by atoms with Gasteiger partial charge in [0.05, 0.1) is 14.2 Å². The third-order valence-electron chi connectivity index (χ3n) is 2.70. The molecule has 0 amide bonds. The molecule has 2 N–H and O–H groups in total. The number of hydrogen-bond acceptors (Lipinski definition) is 4. The van der Waals surface area contributed by atoms with Gasteiger partial charge in [-0.3, -0.25) is 4.79 Å². The highest BCUT2D eigenvalue weighted by atomic mass is 16.5. The highest BCUT2D eigenvalue weighted by molar-refractivity contribution is 5.96. The average Bonchev–Trinajstić information content (AvgIpc) is 2.34. The van der Waals surface area contributed by atoms with E-state index in [2.05, 4.69) is 0 Å². The van der Waals surface area contributed by atoms with Gasteiger partial charge in [-0.2, -0.15) is 0 Å². The lowest BCUT2D eigenvalue weighted by atomic mass is 9.96. The number of carbonyl (C=O) groups is 1. The maximum atomic E-state index is 12.0. The molecule has 0 spiro atoms. The third kappa shape index (κ3) is 4.04. The van der Waals surface area contributed by atoms with E-state index in [4.69, 9.17) is 15.2 Å². The molecule has 1 aromatic carbocycles. The molecular formula is C14H21NO3. The topological polar surface area (TPSA) is 61.5 Å². The Labute approximate surface area is 108 Å². The van der Waals surface area contributed by atoms with Crippen molar-refractivity contribution >= 4 is 5.78 Å². The summed E-state index contributed by atoms with van der Waals surface area (Å²) in [5, 5.41) is 0. The fraction of sp³-hybridized carbons (Fsp3) is 0.500. The molecule has 0 aliphatic rings. The fourth-order valence-electron chi connectivity index (χ4n) is 1.59. The normalized spacial score (nSPS) is 11.2. The van der Waals surface area contributed by atoms with Crippen LogP contribution >= 0.6 is 0 Å². The molecule has 4 heteroatoms. The number of Topliss-reactive ketones (excluding diaryl/α,β-unsaturated/α-hetero) is 1. The molecule has 0 heterocycles. The Bertz CT molecular complexity index is 422. The van der Waals surface area contributed by atoms with Crippen molar-refractivity contribution in [3.05, 3.63) is 23.8 Å². The maximum Gasteiger partial charge on any atom is 0.163 e. The summed E-state index contributed by atoms with van der Waals surface area (Å²) in [5.41, 5.74) is 6.16. The number of benzene rings is 1. The van der Waals surface area contributed by atoms with Gasteiger partial charge in [0.25, 0.3) is 0 Å². The van der Waals surface area contributed by atoms with Gasteiger partial charge in [0.15, 0.2) is 17.3 Å². The molecule has 0 radical (unpaired) electrons. The highest BCUT2D eigenvalue weighted by Gasteiger charge is 2.15. The molecule has 0 unspecified atom stereocenters. The molecular weight excluding hydrogens is 230 g/mol. The van der Waals surface area contributed by atoms with E-state index in [1.54, 1.807) is 32.4 Å². The average molecular weight is 251 g/mol. The van der Waals surface area contributed by atoms with E-state index >= 15 is 0 Å². The fourth-order valence-corrected chi connectivity index (χ4v) is 1.59. The summed E-state index contributed by atoms with van der Waals surface area (Å²) in [7, 11) is 3.12. The first-order chi connectivity index (χ1) is 8.37. The van der Waals surface area contributed by atoms with E-state index in [1.165, 1.54) is 0 Å². The van der Waals surface area contributed by atoms with Crippen molar-refractivity contribution < 1.29 is 14.3 Å². The SMILES string of the molecule is COc1ccc(C(=O)CCC(C)(C)N)cc1OC. The van der Waals surface area contributed by atoms with E-state index in [9.17, 15) is 4.79 Å². The molecule has 1 aromatic rings. The zero-order valence-electron chi connectivity index (χ0n) is 11.4. The van der Waals surface area contributed by atoms with Gasteiger partial charge in [-0.15, -0.1) is 0 Å². The van der Waals surface area contributed by atoms with Crippen LogP contribution in [0.1, 0.15) is 37.0 Å². The van der Waals surface area contributed by atoms with Crippen LogP contribution in [0.2, 0.25) is 0 Å². The second-order valence-electron chi connectivity index (χ2n) is 4.98. The van der Waals surface area contributed by atoms with Crippen molar-refractivity contribution in [1.82, 2.24) is 0 Å². The number of hydrogen-bond donors (Lipinski definition) is 1. The Hall–Kier alpha value is -1.55. The van der Waals surface area contributed by atoms with Crippen LogP contribution < -0.4 is 15.2 Å². The smallest absolute Gasteiger partial charge is 0.163 e. The van der Waals surface area contributed by atoms with Crippen molar-refractivity contribution in [1.29, 1.82) is 0 Å². The summed E-state index contributed by atoms with van der Waals surface area (Å²) in [6.07, 6.45) is 1.08. The van der Waals surface area contributed by atoms with Crippen molar-refractivity contribution in [3.63, 3.8) is 0 Å². The minimum atomic E-state index is -0.327. The van der Waals surface area contributed by atoms with Crippen LogP contribution in [0.15, 0.2) is 18.2 Å². The van der Waals surface area contributed by atoms with Crippen molar-refractivity contribution in [2.24, 2.45) is 5.73 Å². The van der Waals surface area contributed by atoms with Gasteiger partial charge in [-0.1, -0.05) is 0 Å². The van der Waals surface area contributed by atoms with Gasteiger partial charge < -0.3 is 15.2 Å². The summed E-state index contributed by atoms with van der Waals surface area (Å²) in [4.78, 5) is 12.0. The number of carbonyl (C=O) groups excluding carboxylic acids is 1. The van der Waals surface area contributed by atoms with Crippen LogP contribution in [0.25, 0.3) is 0 Å². The summed E-state index contributed by atoms with van der Waals surface area (Å²) in [6, 6.07) is 5.18.